The van der Waals surface area contributed by atoms with Crippen molar-refractivity contribution in [3.8, 4) is 0 Å². The Kier molecular flexibility index (Phi) is 2.70. The molecular formula is C16H21NO. The van der Waals surface area contributed by atoms with Gasteiger partial charge in [-0.3, -0.25) is 4.84 Å². The minimum Gasteiger partial charge on any atom is -0.269 e. The number of allylic oxidation sites excluding steroid dienone is 1. The number of aryl methyl sites for hydroxylation is 2. The average molecular weight is 243 g/mol. The van der Waals surface area contributed by atoms with Crippen LogP contribution in [0.4, 0.5) is 5.69 Å². The largest absolute Gasteiger partial charge is 0.269 e. The lowest BCUT2D eigenvalue weighted by Crippen LogP contribution is -2.31. The fourth-order valence-corrected chi connectivity index (χ4v) is 3.19. The van der Waals surface area contributed by atoms with E-state index in [1.165, 1.54) is 28.0 Å². The number of nitrogens with zero attached hydrogens (tertiary/aromatic N) is 1. The number of hydroxylamine groups is 1. The lowest BCUT2D eigenvalue weighted by molar-refractivity contribution is 0.0750. The number of fused-ring (bicyclic) bond motifs is 4. The van der Waals surface area contributed by atoms with Gasteiger partial charge in [-0.2, -0.15) is 0 Å². The molecule has 2 nitrogen and oxygen atoms in total. The number of hydrogen-bond donors (Lipinski definition) is 0. The van der Waals surface area contributed by atoms with Gasteiger partial charge in [0.1, 0.15) is 0 Å². The molecule has 0 radical (unpaired) electrons. The second-order valence-electron chi connectivity index (χ2n) is 5.88. The fourth-order valence-electron chi connectivity index (χ4n) is 3.19. The van der Waals surface area contributed by atoms with Crippen molar-refractivity contribution in [1.82, 2.24) is 0 Å². The van der Waals surface area contributed by atoms with Gasteiger partial charge >= 0.3 is 0 Å². The lowest BCUT2D eigenvalue weighted by atomic mass is 9.97. The van der Waals surface area contributed by atoms with Gasteiger partial charge in [-0.25, -0.2) is 5.06 Å². The molecule has 0 amide bonds. The van der Waals surface area contributed by atoms with Gasteiger partial charge in [0, 0.05) is 12.8 Å². The zero-order valence-electron chi connectivity index (χ0n) is 11.7. The summed E-state index contributed by atoms with van der Waals surface area (Å²) in [7, 11) is 0. The van der Waals surface area contributed by atoms with Crippen molar-refractivity contribution in [2.45, 2.75) is 52.7 Å². The number of benzene rings is 1. The van der Waals surface area contributed by atoms with Gasteiger partial charge in [-0.15, -0.1) is 0 Å². The predicted octanol–water partition coefficient (Wildman–Crippen LogP) is 3.70. The third kappa shape index (κ3) is 1.85. The monoisotopic (exact) mass is 243 g/mol. The Morgan fingerprint density at radius 3 is 2.83 bits per heavy atom. The molecule has 2 atom stereocenters. The maximum Gasteiger partial charge on any atom is 0.0921 e. The summed E-state index contributed by atoms with van der Waals surface area (Å²) in [6.45, 7) is 8.69. The zero-order valence-corrected chi connectivity index (χ0v) is 11.7. The molecule has 1 fully saturated rings. The van der Waals surface area contributed by atoms with Crippen LogP contribution in [-0.4, -0.2) is 12.1 Å². The first-order chi connectivity index (χ1) is 8.54. The van der Waals surface area contributed by atoms with Crippen LogP contribution in [0.25, 0.3) is 0 Å². The maximum atomic E-state index is 6.04. The highest BCUT2D eigenvalue weighted by Crippen LogP contribution is 2.40. The van der Waals surface area contributed by atoms with Gasteiger partial charge in [-0.05, 0) is 50.5 Å². The van der Waals surface area contributed by atoms with Gasteiger partial charge in [-0.1, -0.05) is 17.7 Å². The molecule has 2 aliphatic rings. The topological polar surface area (TPSA) is 12.5 Å². The predicted molar refractivity (Wildman–Crippen MR) is 74.8 cm³/mol. The highest BCUT2D eigenvalue weighted by Gasteiger charge is 2.38. The first kappa shape index (κ1) is 11.8. The van der Waals surface area contributed by atoms with E-state index in [1.54, 1.807) is 0 Å². The molecule has 1 aromatic rings. The normalized spacial score (nSPS) is 25.0. The van der Waals surface area contributed by atoms with Gasteiger partial charge in [0.2, 0.25) is 0 Å². The number of hydrogen-bond acceptors (Lipinski definition) is 2. The fraction of sp³-hybridized carbons (Fsp3) is 0.500. The Labute approximate surface area is 109 Å². The van der Waals surface area contributed by atoms with Crippen LogP contribution < -0.4 is 5.06 Å². The third-order valence-electron chi connectivity index (χ3n) is 3.86. The second kappa shape index (κ2) is 4.13. The summed E-state index contributed by atoms with van der Waals surface area (Å²) in [4.78, 5) is 6.04. The van der Waals surface area contributed by atoms with E-state index in [4.69, 9.17) is 4.84 Å². The summed E-state index contributed by atoms with van der Waals surface area (Å²) < 4.78 is 0. The molecule has 1 aromatic carbocycles. The molecular weight excluding hydrogens is 222 g/mol. The van der Waals surface area contributed by atoms with Crippen molar-refractivity contribution in [1.29, 1.82) is 0 Å². The molecule has 18 heavy (non-hydrogen) atoms. The summed E-state index contributed by atoms with van der Waals surface area (Å²) in [5.74, 6) is 0. The minimum absolute atomic E-state index is 0.361. The SMILES string of the molecule is CC(C)=C[C@H]1C[C@H]2Cc3c(C)cc(C)cc3N1O2. The zero-order chi connectivity index (χ0) is 12.9. The van der Waals surface area contributed by atoms with Crippen LogP contribution in [0.5, 0.6) is 0 Å². The Bertz CT molecular complexity index is 514. The molecule has 96 valence electrons. The summed E-state index contributed by atoms with van der Waals surface area (Å²) in [6.07, 6.45) is 4.86. The van der Waals surface area contributed by atoms with E-state index in [-0.39, 0.29) is 0 Å². The standard InChI is InChI=1S/C16H21NO/c1-10(2)5-13-8-14-9-15-12(4)6-11(3)7-16(15)17(13)18-14/h5-7,13-14H,8-9H2,1-4H3/t13-,14-/m0/s1. The second-order valence-corrected chi connectivity index (χ2v) is 5.88. The van der Waals surface area contributed by atoms with Crippen LogP contribution in [0.2, 0.25) is 0 Å². The van der Waals surface area contributed by atoms with Crippen molar-refractivity contribution >= 4 is 5.69 Å². The maximum absolute atomic E-state index is 6.04. The van der Waals surface area contributed by atoms with Crippen LogP contribution in [0.15, 0.2) is 23.8 Å². The molecule has 2 bridgehead atoms. The van der Waals surface area contributed by atoms with Crippen LogP contribution in [0.3, 0.4) is 0 Å². The summed E-state index contributed by atoms with van der Waals surface area (Å²) >= 11 is 0. The smallest absolute Gasteiger partial charge is 0.0921 e. The molecule has 2 heteroatoms. The molecule has 0 saturated carbocycles. The van der Waals surface area contributed by atoms with E-state index in [0.29, 0.717) is 12.1 Å². The van der Waals surface area contributed by atoms with Crippen LogP contribution in [0.1, 0.15) is 37.0 Å². The molecule has 2 aliphatic heterocycles. The first-order valence-electron chi connectivity index (χ1n) is 6.76. The highest BCUT2D eigenvalue weighted by molar-refractivity contribution is 5.60. The van der Waals surface area contributed by atoms with E-state index in [9.17, 15) is 0 Å². The summed E-state index contributed by atoms with van der Waals surface area (Å²) in [5, 5.41) is 2.14. The molecule has 0 aromatic heterocycles. The third-order valence-corrected chi connectivity index (χ3v) is 3.86. The van der Waals surface area contributed by atoms with Crippen molar-refractivity contribution in [2.75, 3.05) is 5.06 Å². The molecule has 1 saturated heterocycles. The average Bonchev–Trinajstić information content (AvgIpc) is 2.58. The van der Waals surface area contributed by atoms with Gasteiger partial charge in [0.25, 0.3) is 0 Å². The molecule has 0 aliphatic carbocycles. The van der Waals surface area contributed by atoms with Crippen LogP contribution in [-0.2, 0) is 11.3 Å². The van der Waals surface area contributed by atoms with Crippen molar-refractivity contribution < 1.29 is 4.84 Å². The Balaban J connectivity index is 2.06. The minimum atomic E-state index is 0.361. The summed E-state index contributed by atoms with van der Waals surface area (Å²) in [6, 6.07) is 4.94. The molecule has 0 spiro atoms. The molecule has 3 rings (SSSR count). The van der Waals surface area contributed by atoms with Crippen LogP contribution in [0, 0.1) is 13.8 Å². The quantitative estimate of drug-likeness (QED) is 0.697. The van der Waals surface area contributed by atoms with E-state index < -0.39 is 0 Å². The highest BCUT2D eigenvalue weighted by atomic mass is 16.7. The number of anilines is 1. The summed E-state index contributed by atoms with van der Waals surface area (Å²) in [5.41, 5.74) is 6.84. The molecule has 2 heterocycles. The Morgan fingerprint density at radius 1 is 1.33 bits per heavy atom. The Hall–Kier alpha value is -1.28. The van der Waals surface area contributed by atoms with Crippen LogP contribution >= 0.6 is 0 Å². The van der Waals surface area contributed by atoms with Gasteiger partial charge in [0.15, 0.2) is 0 Å². The van der Waals surface area contributed by atoms with E-state index >= 15 is 0 Å². The lowest BCUT2D eigenvalue weighted by Gasteiger charge is -2.30. The van der Waals surface area contributed by atoms with Crippen molar-refractivity contribution in [3.05, 3.63) is 40.5 Å². The van der Waals surface area contributed by atoms with E-state index in [1.807, 2.05) is 0 Å². The van der Waals surface area contributed by atoms with Gasteiger partial charge in [0.05, 0.1) is 17.8 Å². The van der Waals surface area contributed by atoms with Crippen molar-refractivity contribution in [2.24, 2.45) is 0 Å². The van der Waals surface area contributed by atoms with Gasteiger partial charge < -0.3 is 0 Å². The molecule has 0 unspecified atom stereocenters. The first-order valence-corrected chi connectivity index (χ1v) is 6.76. The number of rotatable bonds is 1. The van der Waals surface area contributed by atoms with E-state index in [0.717, 1.165) is 12.8 Å². The van der Waals surface area contributed by atoms with E-state index in [2.05, 4.69) is 51.0 Å². The van der Waals surface area contributed by atoms with Crippen molar-refractivity contribution in [3.63, 3.8) is 0 Å². The molecule has 0 N–H and O–H groups in total. The Morgan fingerprint density at radius 2 is 2.11 bits per heavy atom.